The molecule has 0 spiro atoms. The predicted molar refractivity (Wildman–Crippen MR) is 120 cm³/mol. The van der Waals surface area contributed by atoms with Crippen molar-refractivity contribution in [2.75, 3.05) is 0 Å². The van der Waals surface area contributed by atoms with Gasteiger partial charge >= 0.3 is 0 Å². The fourth-order valence-electron chi connectivity index (χ4n) is 3.10. The molecule has 0 radical (unpaired) electrons. The molecule has 3 aromatic carbocycles. The molecule has 1 aromatic heterocycles. The van der Waals surface area contributed by atoms with Gasteiger partial charge in [0, 0.05) is 21.0 Å². The summed E-state index contributed by atoms with van der Waals surface area (Å²) in [7, 11) is 0. The minimum Gasteiger partial charge on any atom is -0.288 e. The molecular formula is C25H19ClOS. The monoisotopic (exact) mass is 402 g/mol. The molecule has 0 amide bonds. The average molecular weight is 403 g/mol. The predicted octanol–water partition coefficient (Wildman–Crippen LogP) is 7.58. The van der Waals surface area contributed by atoms with Crippen molar-refractivity contribution < 1.29 is 4.79 Å². The van der Waals surface area contributed by atoms with Gasteiger partial charge in [0.2, 0.25) is 5.78 Å². The average Bonchev–Trinajstić information content (AvgIpc) is 3.14. The first-order valence-electron chi connectivity index (χ1n) is 9.09. The molecule has 4 aromatic rings. The van der Waals surface area contributed by atoms with Crippen LogP contribution < -0.4 is 0 Å². The van der Waals surface area contributed by atoms with Gasteiger partial charge in [0.15, 0.2) is 0 Å². The molecule has 138 valence electrons. The Morgan fingerprint density at radius 3 is 1.89 bits per heavy atom. The van der Waals surface area contributed by atoms with Gasteiger partial charge in [-0.05, 0) is 43.2 Å². The lowest BCUT2D eigenvalue weighted by Crippen LogP contribution is -2.00. The minimum absolute atomic E-state index is 0.0563. The van der Waals surface area contributed by atoms with Crippen LogP contribution in [0.25, 0.3) is 21.6 Å². The first-order valence-corrected chi connectivity index (χ1v) is 10.3. The highest BCUT2D eigenvalue weighted by Gasteiger charge is 2.20. The number of thiophene rings is 1. The third-order valence-electron chi connectivity index (χ3n) is 4.74. The van der Waals surface area contributed by atoms with Crippen molar-refractivity contribution in [3.63, 3.8) is 0 Å². The van der Waals surface area contributed by atoms with Crippen LogP contribution in [0.2, 0.25) is 5.02 Å². The zero-order valence-electron chi connectivity index (χ0n) is 15.7. The third-order valence-corrected chi connectivity index (χ3v) is 6.18. The maximum absolute atomic E-state index is 13.3. The van der Waals surface area contributed by atoms with Gasteiger partial charge in [0.25, 0.3) is 0 Å². The lowest BCUT2D eigenvalue weighted by Gasteiger charge is -2.05. The Balaban J connectivity index is 1.85. The van der Waals surface area contributed by atoms with E-state index < -0.39 is 0 Å². The molecule has 1 heterocycles. The van der Waals surface area contributed by atoms with Crippen molar-refractivity contribution >= 4 is 28.7 Å². The molecule has 0 N–H and O–H groups in total. The summed E-state index contributed by atoms with van der Waals surface area (Å²) in [6, 6.07) is 25.9. The molecule has 0 aliphatic carbocycles. The molecule has 0 aliphatic heterocycles. The van der Waals surface area contributed by atoms with E-state index in [1.165, 1.54) is 16.9 Å². The van der Waals surface area contributed by atoms with Gasteiger partial charge in [-0.15, -0.1) is 11.3 Å². The highest BCUT2D eigenvalue weighted by Crippen LogP contribution is 2.39. The second kappa shape index (κ2) is 7.75. The zero-order chi connectivity index (χ0) is 19.7. The van der Waals surface area contributed by atoms with Crippen LogP contribution in [0.4, 0.5) is 0 Å². The smallest absolute Gasteiger partial charge is 0.203 e. The summed E-state index contributed by atoms with van der Waals surface area (Å²) >= 11 is 7.57. The van der Waals surface area contributed by atoms with Gasteiger partial charge in [-0.1, -0.05) is 83.4 Å². The van der Waals surface area contributed by atoms with E-state index in [0.717, 1.165) is 32.0 Å². The summed E-state index contributed by atoms with van der Waals surface area (Å²) in [5, 5.41) is 0.704. The van der Waals surface area contributed by atoms with E-state index in [4.69, 9.17) is 11.6 Å². The van der Waals surface area contributed by atoms with Crippen LogP contribution in [-0.2, 0) is 0 Å². The summed E-state index contributed by atoms with van der Waals surface area (Å²) < 4.78 is 0. The van der Waals surface area contributed by atoms with Crippen molar-refractivity contribution in [2.24, 2.45) is 0 Å². The van der Waals surface area contributed by atoms with E-state index in [9.17, 15) is 4.79 Å². The Kier molecular flexibility index (Phi) is 5.17. The summed E-state index contributed by atoms with van der Waals surface area (Å²) in [4.78, 5) is 15.1. The number of aryl methyl sites for hydroxylation is 2. The van der Waals surface area contributed by atoms with Crippen LogP contribution in [0, 0.1) is 13.8 Å². The van der Waals surface area contributed by atoms with Crippen molar-refractivity contribution in [2.45, 2.75) is 13.8 Å². The van der Waals surface area contributed by atoms with Crippen LogP contribution >= 0.6 is 22.9 Å². The number of hydrogen-bond acceptors (Lipinski definition) is 2. The number of halogens is 1. The lowest BCUT2D eigenvalue weighted by molar-refractivity contribution is 0.104. The molecule has 0 saturated heterocycles. The van der Waals surface area contributed by atoms with Crippen molar-refractivity contribution in [3.8, 4) is 21.6 Å². The Hall–Kier alpha value is -2.68. The van der Waals surface area contributed by atoms with Gasteiger partial charge in [-0.3, -0.25) is 4.79 Å². The van der Waals surface area contributed by atoms with E-state index in [2.05, 4.69) is 37.3 Å². The molecule has 0 saturated carbocycles. The van der Waals surface area contributed by atoms with Crippen molar-refractivity contribution in [1.29, 1.82) is 0 Å². The molecule has 1 nitrogen and oxygen atoms in total. The van der Waals surface area contributed by atoms with Crippen LogP contribution in [0.3, 0.4) is 0 Å². The molecule has 28 heavy (non-hydrogen) atoms. The number of hydrogen-bond donors (Lipinski definition) is 0. The van der Waals surface area contributed by atoms with Crippen LogP contribution in [-0.4, -0.2) is 5.78 Å². The maximum Gasteiger partial charge on any atom is 0.203 e. The van der Waals surface area contributed by atoms with Gasteiger partial charge in [-0.2, -0.15) is 0 Å². The molecule has 4 rings (SSSR count). The van der Waals surface area contributed by atoms with E-state index in [0.29, 0.717) is 10.6 Å². The quantitative estimate of drug-likeness (QED) is 0.321. The molecule has 0 bridgehead atoms. The van der Waals surface area contributed by atoms with Gasteiger partial charge in [-0.25, -0.2) is 0 Å². The first kappa shape index (κ1) is 18.7. The van der Waals surface area contributed by atoms with Crippen LogP contribution in [0.1, 0.15) is 26.4 Å². The third kappa shape index (κ3) is 3.80. The largest absolute Gasteiger partial charge is 0.288 e. The highest BCUT2D eigenvalue weighted by molar-refractivity contribution is 7.18. The molecule has 0 unspecified atom stereocenters. The fraction of sp³-hybridized carbons (Fsp3) is 0.0800. The number of carbonyl (C=O) groups is 1. The van der Waals surface area contributed by atoms with E-state index in [-0.39, 0.29) is 5.78 Å². The van der Waals surface area contributed by atoms with E-state index in [1.54, 1.807) is 0 Å². The number of rotatable bonds is 4. The van der Waals surface area contributed by atoms with Gasteiger partial charge in [0.1, 0.15) is 0 Å². The Morgan fingerprint density at radius 2 is 1.29 bits per heavy atom. The number of benzene rings is 3. The summed E-state index contributed by atoms with van der Waals surface area (Å²) in [6.07, 6.45) is 0. The van der Waals surface area contributed by atoms with Gasteiger partial charge < -0.3 is 0 Å². The topological polar surface area (TPSA) is 17.1 Å². The van der Waals surface area contributed by atoms with Crippen LogP contribution in [0.15, 0.2) is 78.9 Å². The Bertz CT molecular complexity index is 1120. The SMILES string of the molecule is Cc1ccc(C(=O)c2sc(-c3ccc(Cl)cc3)cc2-c2ccc(C)cc2)cc1. The molecule has 3 heteroatoms. The molecule has 0 aliphatic rings. The molecular weight excluding hydrogens is 384 g/mol. The first-order chi connectivity index (χ1) is 13.5. The number of ketones is 1. The number of carbonyl (C=O) groups excluding carboxylic acids is 1. The van der Waals surface area contributed by atoms with Crippen molar-refractivity contribution in [3.05, 3.63) is 105 Å². The summed E-state index contributed by atoms with van der Waals surface area (Å²) in [5.41, 5.74) is 6.14. The Labute approximate surface area is 174 Å². The standard InChI is InChI=1S/C25H19ClOS/c1-16-3-7-18(8-4-16)22-15-23(19-11-13-21(26)14-12-19)28-25(22)24(27)20-9-5-17(2)6-10-20/h3-15H,1-2H3. The second-order valence-electron chi connectivity index (χ2n) is 6.92. The van der Waals surface area contributed by atoms with Crippen molar-refractivity contribution in [1.82, 2.24) is 0 Å². The maximum atomic E-state index is 13.3. The van der Waals surface area contributed by atoms with Crippen LogP contribution in [0.5, 0.6) is 0 Å². The molecule has 0 fully saturated rings. The summed E-state index contributed by atoms with van der Waals surface area (Å²) in [5.74, 6) is 0.0563. The summed E-state index contributed by atoms with van der Waals surface area (Å²) in [6.45, 7) is 4.09. The second-order valence-corrected chi connectivity index (χ2v) is 8.41. The normalized spacial score (nSPS) is 10.8. The lowest BCUT2D eigenvalue weighted by atomic mass is 9.99. The fourth-order valence-corrected chi connectivity index (χ4v) is 4.37. The van der Waals surface area contributed by atoms with E-state index >= 15 is 0 Å². The Morgan fingerprint density at radius 1 is 0.750 bits per heavy atom. The minimum atomic E-state index is 0.0563. The zero-order valence-corrected chi connectivity index (χ0v) is 17.3. The molecule has 0 atom stereocenters. The van der Waals surface area contributed by atoms with Gasteiger partial charge in [0.05, 0.1) is 4.88 Å². The highest BCUT2D eigenvalue weighted by atomic mass is 35.5. The van der Waals surface area contributed by atoms with E-state index in [1.807, 2.05) is 55.5 Å².